The normalized spacial score (nSPS) is 40.5. The maximum absolute atomic E-state index is 8.46. The third-order valence-electron chi connectivity index (χ3n) is 5.57. The Morgan fingerprint density at radius 2 is 1.50 bits per heavy atom. The van der Waals surface area contributed by atoms with Gasteiger partial charge in [0.15, 0.2) is 0 Å². The van der Waals surface area contributed by atoms with Crippen LogP contribution in [0.5, 0.6) is 0 Å². The first kappa shape index (κ1) is 11.5. The number of hydrogen-bond donors (Lipinski definition) is 0. The summed E-state index contributed by atoms with van der Waals surface area (Å²) in [7, 11) is 0. The van der Waals surface area contributed by atoms with E-state index in [4.69, 9.17) is 5.48 Å². The second-order valence-corrected chi connectivity index (χ2v) is 7.10. The summed E-state index contributed by atoms with van der Waals surface area (Å²) >= 11 is 0. The van der Waals surface area contributed by atoms with E-state index in [9.17, 15) is 0 Å². The molecule has 3 rings (SSSR count). The standard InChI is InChI=1S/C22H32/c1-3-4-18-7-11-20(12-8-18)22-15-13-21(14-16-22)19-9-5-17(2)6-10-19/h3-6,9-10,18,20-22H,7-8,11-16H2,1-2H3/b4-3+/i7D2,8D2. The van der Waals surface area contributed by atoms with Gasteiger partial charge in [-0.3, -0.25) is 0 Å². The summed E-state index contributed by atoms with van der Waals surface area (Å²) in [6, 6.07) is 8.87. The third-order valence-corrected chi connectivity index (χ3v) is 5.57. The quantitative estimate of drug-likeness (QED) is 0.548. The third kappa shape index (κ3) is 3.83. The molecular weight excluding hydrogens is 264 g/mol. The van der Waals surface area contributed by atoms with Gasteiger partial charge in [0.2, 0.25) is 0 Å². The molecule has 0 N–H and O–H groups in total. The van der Waals surface area contributed by atoms with Crippen molar-refractivity contribution in [2.24, 2.45) is 17.8 Å². The first-order chi connectivity index (χ1) is 12.2. The monoisotopic (exact) mass is 300 g/mol. The van der Waals surface area contributed by atoms with E-state index in [0.29, 0.717) is 24.7 Å². The summed E-state index contributed by atoms with van der Waals surface area (Å²) in [5.41, 5.74) is 2.72. The van der Waals surface area contributed by atoms with E-state index in [1.165, 1.54) is 11.1 Å². The van der Waals surface area contributed by atoms with Gasteiger partial charge < -0.3 is 0 Å². The molecule has 2 aliphatic carbocycles. The summed E-state index contributed by atoms with van der Waals surface area (Å²) in [5, 5.41) is 0. The molecular formula is C22H32. The van der Waals surface area contributed by atoms with E-state index >= 15 is 0 Å². The molecule has 0 bridgehead atoms. The van der Waals surface area contributed by atoms with E-state index in [1.54, 1.807) is 12.2 Å². The van der Waals surface area contributed by atoms with Crippen molar-refractivity contribution < 1.29 is 5.48 Å². The Balaban J connectivity index is 1.65. The van der Waals surface area contributed by atoms with Crippen LogP contribution in [0.15, 0.2) is 36.4 Å². The Bertz CT molecular complexity index is 606. The van der Waals surface area contributed by atoms with Crippen LogP contribution in [0.25, 0.3) is 0 Å². The van der Waals surface area contributed by atoms with Gasteiger partial charge in [-0.15, -0.1) is 0 Å². The fourth-order valence-corrected chi connectivity index (χ4v) is 4.13. The minimum atomic E-state index is -1.45. The van der Waals surface area contributed by atoms with Crippen molar-refractivity contribution in [3.05, 3.63) is 47.5 Å². The second-order valence-electron chi connectivity index (χ2n) is 7.10. The average Bonchev–Trinajstić information content (AvgIpc) is 2.58. The van der Waals surface area contributed by atoms with Gasteiger partial charge in [-0.05, 0) is 94.4 Å². The van der Waals surface area contributed by atoms with Gasteiger partial charge in [0.05, 0.1) is 0 Å². The fraction of sp³-hybridized carbons (Fsp3) is 0.636. The van der Waals surface area contributed by atoms with Crippen molar-refractivity contribution >= 4 is 0 Å². The van der Waals surface area contributed by atoms with E-state index in [2.05, 4.69) is 31.2 Å². The molecule has 0 amide bonds. The van der Waals surface area contributed by atoms with Crippen LogP contribution < -0.4 is 0 Å². The van der Waals surface area contributed by atoms with Crippen molar-refractivity contribution in [2.75, 3.05) is 0 Å². The Labute approximate surface area is 142 Å². The number of rotatable bonds is 3. The molecule has 0 nitrogen and oxygen atoms in total. The Hall–Kier alpha value is -1.04. The maximum atomic E-state index is 8.46. The lowest BCUT2D eigenvalue weighted by Crippen LogP contribution is -2.25. The topological polar surface area (TPSA) is 0 Å². The Morgan fingerprint density at radius 1 is 0.909 bits per heavy atom. The highest BCUT2D eigenvalue weighted by Gasteiger charge is 2.30. The highest BCUT2D eigenvalue weighted by atomic mass is 14.4. The molecule has 0 atom stereocenters. The zero-order valence-corrected chi connectivity index (χ0v) is 14.0. The summed E-state index contributed by atoms with van der Waals surface area (Å²) in [4.78, 5) is 0. The molecule has 0 spiro atoms. The summed E-state index contributed by atoms with van der Waals surface area (Å²) in [6.07, 6.45) is 6.14. The van der Waals surface area contributed by atoms with E-state index in [0.717, 1.165) is 25.7 Å². The Morgan fingerprint density at radius 3 is 2.09 bits per heavy atom. The van der Waals surface area contributed by atoms with Gasteiger partial charge in [-0.2, -0.15) is 0 Å². The highest BCUT2D eigenvalue weighted by molar-refractivity contribution is 5.24. The van der Waals surface area contributed by atoms with E-state index < -0.39 is 18.7 Å². The van der Waals surface area contributed by atoms with Crippen LogP contribution in [-0.4, -0.2) is 0 Å². The largest absolute Gasteiger partial charge is 0.0914 e. The smallest absolute Gasteiger partial charge is 0.0273 e. The lowest BCUT2D eigenvalue weighted by Gasteiger charge is -2.37. The zero-order chi connectivity index (χ0) is 18.9. The SMILES string of the molecule is [2H]C1([2H])CC(C2CCC(c3ccc(C)cc3)CC2)CC([2H])([2H])C1/C=C/C. The molecule has 0 aromatic heterocycles. The minimum absolute atomic E-state index is 0.167. The molecule has 0 heteroatoms. The van der Waals surface area contributed by atoms with Crippen molar-refractivity contribution in [3.63, 3.8) is 0 Å². The van der Waals surface area contributed by atoms with Crippen molar-refractivity contribution in [2.45, 2.75) is 71.0 Å². The van der Waals surface area contributed by atoms with E-state index in [-0.39, 0.29) is 5.92 Å². The van der Waals surface area contributed by atoms with Crippen LogP contribution in [0.1, 0.15) is 80.7 Å². The first-order valence-corrected chi connectivity index (χ1v) is 8.92. The molecule has 0 unspecified atom stereocenters. The lowest BCUT2D eigenvalue weighted by atomic mass is 9.68. The number of aryl methyl sites for hydroxylation is 1. The van der Waals surface area contributed by atoms with Crippen LogP contribution in [-0.2, 0) is 0 Å². The predicted molar refractivity (Wildman–Crippen MR) is 96.1 cm³/mol. The van der Waals surface area contributed by atoms with Gasteiger partial charge in [0.25, 0.3) is 0 Å². The molecule has 0 saturated heterocycles. The summed E-state index contributed by atoms with van der Waals surface area (Å²) < 4.78 is 33.8. The number of hydrogen-bond acceptors (Lipinski definition) is 0. The van der Waals surface area contributed by atoms with Crippen LogP contribution in [0.3, 0.4) is 0 Å². The second kappa shape index (κ2) is 7.49. The highest BCUT2D eigenvalue weighted by Crippen LogP contribution is 2.44. The van der Waals surface area contributed by atoms with Crippen LogP contribution >= 0.6 is 0 Å². The molecule has 22 heavy (non-hydrogen) atoms. The molecule has 1 aromatic carbocycles. The van der Waals surface area contributed by atoms with Gasteiger partial charge in [0.1, 0.15) is 0 Å². The molecule has 2 saturated carbocycles. The lowest BCUT2D eigenvalue weighted by molar-refractivity contribution is 0.171. The molecule has 2 fully saturated rings. The van der Waals surface area contributed by atoms with Crippen LogP contribution in [0, 0.1) is 24.7 Å². The van der Waals surface area contributed by atoms with Gasteiger partial charge in [-0.1, -0.05) is 42.0 Å². The molecule has 120 valence electrons. The first-order valence-electron chi connectivity index (χ1n) is 10.9. The number of benzene rings is 1. The van der Waals surface area contributed by atoms with Crippen molar-refractivity contribution in [1.29, 1.82) is 0 Å². The predicted octanol–water partition coefficient (Wildman–Crippen LogP) is 6.65. The Kier molecular flexibility index (Phi) is 3.91. The fourth-order valence-electron chi connectivity index (χ4n) is 4.13. The molecule has 1 aromatic rings. The zero-order valence-electron chi connectivity index (χ0n) is 18.0. The molecule has 0 aliphatic heterocycles. The van der Waals surface area contributed by atoms with Gasteiger partial charge in [-0.25, -0.2) is 0 Å². The maximum Gasteiger partial charge on any atom is 0.0273 e. The number of allylic oxidation sites excluding steroid dienone is 2. The van der Waals surface area contributed by atoms with Crippen LogP contribution in [0.2, 0.25) is 0 Å². The molecule has 0 heterocycles. The van der Waals surface area contributed by atoms with Crippen LogP contribution in [0.4, 0.5) is 0 Å². The van der Waals surface area contributed by atoms with E-state index in [1.807, 2.05) is 6.92 Å². The minimum Gasteiger partial charge on any atom is -0.0914 e. The van der Waals surface area contributed by atoms with Gasteiger partial charge in [0, 0.05) is 5.48 Å². The van der Waals surface area contributed by atoms with Gasteiger partial charge >= 0.3 is 0 Å². The molecule has 0 radical (unpaired) electrons. The average molecular weight is 301 g/mol. The summed E-state index contributed by atoms with van der Waals surface area (Å²) in [5.74, 6) is 0.619. The summed E-state index contributed by atoms with van der Waals surface area (Å²) in [6.45, 7) is 3.97. The molecule has 2 aliphatic rings. The van der Waals surface area contributed by atoms with Crippen molar-refractivity contribution in [1.82, 2.24) is 0 Å². The van der Waals surface area contributed by atoms with Crippen molar-refractivity contribution in [3.8, 4) is 0 Å².